The molecule has 0 aliphatic carbocycles. The fourth-order valence-electron chi connectivity index (χ4n) is 2.14. The lowest BCUT2D eigenvalue weighted by Crippen LogP contribution is -1.90. The molecule has 0 fully saturated rings. The topological polar surface area (TPSA) is 121 Å². The van der Waals surface area contributed by atoms with Gasteiger partial charge in [0.15, 0.2) is 5.52 Å². The molecule has 11 heteroatoms. The summed E-state index contributed by atoms with van der Waals surface area (Å²) in [6, 6.07) is 9.86. The van der Waals surface area contributed by atoms with Crippen LogP contribution in [0.25, 0.3) is 22.5 Å². The lowest BCUT2D eigenvalue weighted by Gasteiger charge is -1.97. The molecular weight excluding hydrogens is 370 g/mol. The minimum absolute atomic E-state index is 0.0598. The highest BCUT2D eigenvalue weighted by atomic mass is 35.5. The predicted molar refractivity (Wildman–Crippen MR) is 87.3 cm³/mol. The Morgan fingerprint density at radius 3 is 2.76 bits per heavy atom. The summed E-state index contributed by atoms with van der Waals surface area (Å²) in [5, 5.41) is 27.0. The van der Waals surface area contributed by atoms with E-state index >= 15 is 0 Å². The second kappa shape index (κ2) is 6.15. The second-order valence-corrected chi connectivity index (χ2v) is 6.22. The van der Waals surface area contributed by atoms with E-state index in [0.717, 1.165) is 11.8 Å². The van der Waals surface area contributed by atoms with E-state index in [1.165, 1.54) is 12.1 Å². The fraction of sp³-hybridized carbons (Fsp3) is 0. The maximum Gasteiger partial charge on any atom is 0.300 e. The normalized spacial score (nSPS) is 11.1. The first-order valence-electron chi connectivity index (χ1n) is 6.79. The number of hydrogen-bond donors (Lipinski definition) is 0. The Hall–Kier alpha value is -2.98. The predicted octanol–water partition coefficient (Wildman–Crippen LogP) is 3.99. The van der Waals surface area contributed by atoms with Crippen molar-refractivity contribution in [2.24, 2.45) is 0 Å². The fourth-order valence-corrected chi connectivity index (χ4v) is 3.09. The first kappa shape index (κ1) is 15.5. The molecule has 124 valence electrons. The van der Waals surface area contributed by atoms with Gasteiger partial charge in [0.2, 0.25) is 11.4 Å². The molecule has 4 aromatic rings. The Labute approximate surface area is 148 Å². The Bertz CT molecular complexity index is 1100. The monoisotopic (exact) mass is 375 g/mol. The number of halogens is 1. The van der Waals surface area contributed by atoms with Crippen LogP contribution in [0, 0.1) is 10.1 Å². The largest absolute Gasteiger partial charge is 0.411 e. The van der Waals surface area contributed by atoms with Crippen LogP contribution in [-0.4, -0.2) is 25.4 Å². The van der Waals surface area contributed by atoms with Gasteiger partial charge in [0.05, 0.1) is 4.92 Å². The number of hydrogen-bond acceptors (Lipinski definition) is 9. The van der Waals surface area contributed by atoms with Crippen LogP contribution in [0.2, 0.25) is 5.02 Å². The van der Waals surface area contributed by atoms with E-state index in [0.29, 0.717) is 21.4 Å². The van der Waals surface area contributed by atoms with E-state index in [-0.39, 0.29) is 21.9 Å². The average molecular weight is 376 g/mol. The van der Waals surface area contributed by atoms with E-state index in [2.05, 4.69) is 25.1 Å². The lowest BCUT2D eigenvalue weighted by molar-refractivity contribution is -0.383. The molecule has 9 nitrogen and oxygen atoms in total. The van der Waals surface area contributed by atoms with E-state index < -0.39 is 4.92 Å². The van der Waals surface area contributed by atoms with Crippen LogP contribution in [0.15, 0.2) is 55.6 Å². The molecule has 0 atom stereocenters. The van der Waals surface area contributed by atoms with Gasteiger partial charge in [0, 0.05) is 21.5 Å². The van der Waals surface area contributed by atoms with Gasteiger partial charge < -0.3 is 4.42 Å². The van der Waals surface area contributed by atoms with Crippen molar-refractivity contribution in [3.8, 4) is 11.5 Å². The van der Waals surface area contributed by atoms with Gasteiger partial charge in [-0.05, 0) is 46.3 Å². The Morgan fingerprint density at radius 1 is 1.12 bits per heavy atom. The third kappa shape index (κ3) is 2.92. The molecule has 2 aromatic heterocycles. The summed E-state index contributed by atoms with van der Waals surface area (Å²) in [4.78, 5) is 11.0. The highest BCUT2D eigenvalue weighted by molar-refractivity contribution is 7.99. The number of aromatic nitrogens is 4. The van der Waals surface area contributed by atoms with Crippen LogP contribution in [0.4, 0.5) is 5.69 Å². The SMILES string of the molecule is O=[N+]([O-])c1ccc(Sc2nnc(-c3cccc(Cl)c3)o2)c2nonc12. The van der Waals surface area contributed by atoms with Crippen molar-refractivity contribution in [3.63, 3.8) is 0 Å². The molecular formula is C14H6ClN5O4S. The summed E-state index contributed by atoms with van der Waals surface area (Å²) in [6.07, 6.45) is 0. The van der Waals surface area contributed by atoms with Gasteiger partial charge in [-0.1, -0.05) is 17.7 Å². The van der Waals surface area contributed by atoms with Gasteiger partial charge in [-0.15, -0.1) is 10.2 Å². The molecule has 0 aliphatic heterocycles. The summed E-state index contributed by atoms with van der Waals surface area (Å²) >= 11 is 7.05. The maximum atomic E-state index is 11.0. The number of rotatable bonds is 4. The Balaban J connectivity index is 1.68. The van der Waals surface area contributed by atoms with Crippen LogP contribution in [0.1, 0.15) is 0 Å². The van der Waals surface area contributed by atoms with E-state index in [9.17, 15) is 10.1 Å². The minimum atomic E-state index is -0.551. The molecule has 0 aliphatic rings. The Kier molecular flexibility index (Phi) is 3.82. The molecule has 0 amide bonds. The van der Waals surface area contributed by atoms with Crippen molar-refractivity contribution in [1.29, 1.82) is 0 Å². The molecule has 0 saturated carbocycles. The zero-order chi connectivity index (χ0) is 17.4. The van der Waals surface area contributed by atoms with Gasteiger partial charge in [0.25, 0.3) is 5.22 Å². The van der Waals surface area contributed by atoms with Crippen LogP contribution in [0.3, 0.4) is 0 Å². The third-order valence-corrected chi connectivity index (χ3v) is 4.35. The number of fused-ring (bicyclic) bond motifs is 1. The van der Waals surface area contributed by atoms with Crippen LogP contribution in [-0.2, 0) is 0 Å². The minimum Gasteiger partial charge on any atom is -0.411 e. The van der Waals surface area contributed by atoms with E-state index in [4.69, 9.17) is 16.0 Å². The molecule has 0 unspecified atom stereocenters. The first-order chi connectivity index (χ1) is 12.1. The number of non-ortho nitro benzene ring substituents is 1. The van der Waals surface area contributed by atoms with Gasteiger partial charge >= 0.3 is 5.69 Å². The summed E-state index contributed by atoms with van der Waals surface area (Å²) in [5.74, 6) is 0.307. The van der Waals surface area contributed by atoms with Gasteiger partial charge in [0.1, 0.15) is 0 Å². The molecule has 0 spiro atoms. The molecule has 0 N–H and O–H groups in total. The summed E-state index contributed by atoms with van der Waals surface area (Å²) in [5.41, 5.74) is 0.806. The Morgan fingerprint density at radius 2 is 1.96 bits per heavy atom. The van der Waals surface area contributed by atoms with Gasteiger partial charge in [-0.25, -0.2) is 4.63 Å². The molecule has 2 aromatic carbocycles. The maximum absolute atomic E-state index is 11.0. The highest BCUT2D eigenvalue weighted by Gasteiger charge is 2.21. The average Bonchev–Trinajstić information content (AvgIpc) is 3.24. The standard InChI is InChI=1S/C14H6ClN5O4S/c15-8-3-1-2-7(6-8)13-16-17-14(23-13)25-10-5-4-9(20(21)22)11-12(10)19-24-18-11/h1-6H. The third-order valence-electron chi connectivity index (χ3n) is 3.23. The molecule has 0 saturated heterocycles. The van der Waals surface area contributed by atoms with Crippen molar-refractivity contribution < 1.29 is 14.0 Å². The zero-order valence-corrected chi connectivity index (χ0v) is 13.7. The van der Waals surface area contributed by atoms with Gasteiger partial charge in [-0.2, -0.15) is 0 Å². The highest BCUT2D eigenvalue weighted by Crippen LogP contribution is 2.36. The summed E-state index contributed by atoms with van der Waals surface area (Å²) < 4.78 is 10.2. The van der Waals surface area contributed by atoms with Crippen LogP contribution >= 0.6 is 23.4 Å². The molecule has 0 radical (unpaired) electrons. The zero-order valence-electron chi connectivity index (χ0n) is 12.1. The van der Waals surface area contributed by atoms with E-state index in [1.807, 2.05) is 0 Å². The van der Waals surface area contributed by atoms with Crippen molar-refractivity contribution in [2.45, 2.75) is 10.1 Å². The smallest absolute Gasteiger partial charge is 0.300 e. The lowest BCUT2D eigenvalue weighted by atomic mass is 10.2. The van der Waals surface area contributed by atoms with Crippen molar-refractivity contribution in [1.82, 2.24) is 20.5 Å². The van der Waals surface area contributed by atoms with Crippen molar-refractivity contribution in [2.75, 3.05) is 0 Å². The van der Waals surface area contributed by atoms with Crippen LogP contribution < -0.4 is 0 Å². The van der Waals surface area contributed by atoms with Crippen molar-refractivity contribution in [3.05, 3.63) is 51.5 Å². The second-order valence-electron chi connectivity index (χ2n) is 4.79. The number of benzene rings is 2. The van der Waals surface area contributed by atoms with Crippen molar-refractivity contribution >= 4 is 40.1 Å². The molecule has 25 heavy (non-hydrogen) atoms. The number of nitro benzene ring substituents is 1. The van der Waals surface area contributed by atoms with Crippen LogP contribution in [0.5, 0.6) is 0 Å². The first-order valence-corrected chi connectivity index (χ1v) is 7.98. The molecule has 4 rings (SSSR count). The summed E-state index contributed by atoms with van der Waals surface area (Å²) in [7, 11) is 0. The van der Waals surface area contributed by atoms with E-state index in [1.54, 1.807) is 24.3 Å². The number of nitrogens with zero attached hydrogens (tertiary/aromatic N) is 5. The molecule has 0 bridgehead atoms. The van der Waals surface area contributed by atoms with Gasteiger partial charge in [-0.3, -0.25) is 10.1 Å². The summed E-state index contributed by atoms with van der Waals surface area (Å²) in [6.45, 7) is 0. The quantitative estimate of drug-likeness (QED) is 0.385. The molecule has 2 heterocycles. The number of nitro groups is 1.